The molecule has 1 saturated heterocycles. The van der Waals surface area contributed by atoms with Gasteiger partial charge in [0.1, 0.15) is 16.8 Å². The van der Waals surface area contributed by atoms with Crippen molar-refractivity contribution in [2.45, 2.75) is 31.8 Å². The summed E-state index contributed by atoms with van der Waals surface area (Å²) in [6.45, 7) is 0.798. The van der Waals surface area contributed by atoms with E-state index in [0.29, 0.717) is 0 Å². The predicted molar refractivity (Wildman–Crippen MR) is 89.6 cm³/mol. The van der Waals surface area contributed by atoms with Gasteiger partial charge in [-0.05, 0) is 31.2 Å². The summed E-state index contributed by atoms with van der Waals surface area (Å²) in [7, 11) is 1.95. The molecular formula is C15H19N3OS2. The zero-order valence-electron chi connectivity index (χ0n) is 12.1. The number of thiophene rings is 1. The fraction of sp³-hybridized carbons (Fsp3) is 0.600. The second-order valence-electron chi connectivity index (χ2n) is 5.51. The first kappa shape index (κ1) is 13.8. The Labute approximate surface area is 132 Å². The van der Waals surface area contributed by atoms with Gasteiger partial charge < -0.3 is 10.1 Å². The Morgan fingerprint density at radius 1 is 1.24 bits per heavy atom. The van der Waals surface area contributed by atoms with Crippen LogP contribution in [0.3, 0.4) is 0 Å². The fourth-order valence-electron chi connectivity index (χ4n) is 3.14. The Balaban J connectivity index is 1.83. The van der Waals surface area contributed by atoms with E-state index >= 15 is 0 Å². The molecule has 2 aromatic rings. The van der Waals surface area contributed by atoms with Crippen LogP contribution < -0.4 is 5.32 Å². The topological polar surface area (TPSA) is 47.0 Å². The van der Waals surface area contributed by atoms with E-state index in [1.807, 2.05) is 30.1 Å². The molecule has 0 saturated carbocycles. The van der Waals surface area contributed by atoms with E-state index in [-0.39, 0.29) is 6.10 Å². The van der Waals surface area contributed by atoms with Crippen molar-refractivity contribution in [2.24, 2.45) is 0 Å². The van der Waals surface area contributed by atoms with Gasteiger partial charge in [0.2, 0.25) is 0 Å². The van der Waals surface area contributed by atoms with Crippen LogP contribution in [0.2, 0.25) is 0 Å². The number of aromatic nitrogens is 2. The summed E-state index contributed by atoms with van der Waals surface area (Å²) < 4.78 is 5.85. The van der Waals surface area contributed by atoms with Crippen molar-refractivity contribution >= 4 is 39.1 Å². The lowest BCUT2D eigenvalue weighted by atomic mass is 9.97. The Hall–Kier alpha value is -0.850. The molecule has 2 aromatic heterocycles. The maximum Gasteiger partial charge on any atom is 0.162 e. The highest BCUT2D eigenvalue weighted by molar-refractivity contribution is 7.99. The standard InChI is InChI=1S/C15H19N3OS2/c1-16-14-12-9-4-2-3-5-11(9)21-15(12)18-13(17-14)10-8-20-7-6-19-10/h10H,2-8H2,1H3,(H,16,17,18). The molecule has 0 radical (unpaired) electrons. The largest absolute Gasteiger partial charge is 0.372 e. The average molecular weight is 321 g/mol. The number of thioether (sulfide) groups is 1. The maximum atomic E-state index is 5.85. The lowest BCUT2D eigenvalue weighted by molar-refractivity contribution is 0.0698. The highest BCUT2D eigenvalue weighted by Crippen LogP contribution is 2.39. The van der Waals surface area contributed by atoms with Crippen LogP contribution in [0.15, 0.2) is 0 Å². The molecule has 21 heavy (non-hydrogen) atoms. The van der Waals surface area contributed by atoms with Gasteiger partial charge in [-0.3, -0.25) is 0 Å². The minimum atomic E-state index is 0.0411. The molecule has 1 fully saturated rings. The Bertz CT molecular complexity index is 664. The number of rotatable bonds is 2. The molecule has 112 valence electrons. The van der Waals surface area contributed by atoms with Gasteiger partial charge in [-0.15, -0.1) is 11.3 Å². The summed E-state index contributed by atoms with van der Waals surface area (Å²) in [5.41, 5.74) is 1.48. The van der Waals surface area contributed by atoms with E-state index in [2.05, 4.69) is 5.32 Å². The Kier molecular flexibility index (Phi) is 3.77. The molecule has 0 aromatic carbocycles. The summed E-state index contributed by atoms with van der Waals surface area (Å²) in [6, 6.07) is 0. The van der Waals surface area contributed by atoms with Crippen molar-refractivity contribution in [3.8, 4) is 0 Å². The second kappa shape index (κ2) is 5.74. The van der Waals surface area contributed by atoms with Crippen molar-refractivity contribution < 1.29 is 4.74 Å². The SMILES string of the molecule is CNc1nc(C2CSCCO2)nc2sc3c(c12)CCCC3. The molecule has 4 nitrogen and oxygen atoms in total. The predicted octanol–water partition coefficient (Wildman–Crippen LogP) is 3.42. The van der Waals surface area contributed by atoms with Gasteiger partial charge in [-0.1, -0.05) is 0 Å². The lowest BCUT2D eigenvalue weighted by Crippen LogP contribution is -2.18. The number of aryl methyl sites for hydroxylation is 2. The summed E-state index contributed by atoms with van der Waals surface area (Å²) in [4.78, 5) is 12.3. The molecule has 6 heteroatoms. The zero-order valence-corrected chi connectivity index (χ0v) is 13.8. The molecule has 1 aliphatic heterocycles. The van der Waals surface area contributed by atoms with Gasteiger partial charge in [0.05, 0.1) is 12.0 Å². The third-order valence-electron chi connectivity index (χ3n) is 4.17. The van der Waals surface area contributed by atoms with Gasteiger partial charge in [0.15, 0.2) is 5.82 Å². The van der Waals surface area contributed by atoms with Crippen LogP contribution >= 0.6 is 23.1 Å². The van der Waals surface area contributed by atoms with Crippen molar-refractivity contribution in [3.63, 3.8) is 0 Å². The molecule has 0 amide bonds. The molecule has 1 atom stereocenters. The van der Waals surface area contributed by atoms with Crippen molar-refractivity contribution in [1.29, 1.82) is 0 Å². The molecule has 1 N–H and O–H groups in total. The number of fused-ring (bicyclic) bond motifs is 3. The van der Waals surface area contributed by atoms with Gasteiger partial charge in [0.25, 0.3) is 0 Å². The number of hydrogen-bond acceptors (Lipinski definition) is 6. The number of hydrogen-bond donors (Lipinski definition) is 1. The van der Waals surface area contributed by atoms with Gasteiger partial charge in [0, 0.05) is 23.4 Å². The second-order valence-corrected chi connectivity index (χ2v) is 7.74. The van der Waals surface area contributed by atoms with Crippen LogP contribution in [0.4, 0.5) is 5.82 Å². The normalized spacial score (nSPS) is 22.2. The minimum Gasteiger partial charge on any atom is -0.372 e. The molecule has 2 aliphatic rings. The van der Waals surface area contributed by atoms with Gasteiger partial charge in [-0.2, -0.15) is 11.8 Å². The van der Waals surface area contributed by atoms with Crippen molar-refractivity contribution in [1.82, 2.24) is 9.97 Å². The molecule has 0 bridgehead atoms. The molecule has 1 aliphatic carbocycles. The molecule has 0 spiro atoms. The van der Waals surface area contributed by atoms with Gasteiger partial charge >= 0.3 is 0 Å². The average Bonchev–Trinajstić information content (AvgIpc) is 2.93. The summed E-state index contributed by atoms with van der Waals surface area (Å²) in [5.74, 6) is 3.86. The number of nitrogens with zero attached hydrogens (tertiary/aromatic N) is 2. The van der Waals surface area contributed by atoms with E-state index in [0.717, 1.165) is 34.6 Å². The van der Waals surface area contributed by atoms with Crippen molar-refractivity contribution in [2.75, 3.05) is 30.5 Å². The first-order valence-electron chi connectivity index (χ1n) is 7.56. The van der Waals surface area contributed by atoms with Crippen LogP contribution in [0, 0.1) is 0 Å². The Morgan fingerprint density at radius 2 is 2.14 bits per heavy atom. The monoisotopic (exact) mass is 321 g/mol. The lowest BCUT2D eigenvalue weighted by Gasteiger charge is -2.21. The smallest absolute Gasteiger partial charge is 0.162 e. The summed E-state index contributed by atoms with van der Waals surface area (Å²) >= 11 is 3.78. The van der Waals surface area contributed by atoms with E-state index < -0.39 is 0 Å². The van der Waals surface area contributed by atoms with Crippen LogP contribution in [0.1, 0.15) is 35.2 Å². The zero-order chi connectivity index (χ0) is 14.2. The summed E-state index contributed by atoms with van der Waals surface area (Å²) in [5, 5.41) is 4.53. The fourth-order valence-corrected chi connectivity index (χ4v) is 5.24. The molecular weight excluding hydrogens is 302 g/mol. The summed E-state index contributed by atoms with van der Waals surface area (Å²) in [6.07, 6.45) is 5.00. The molecule has 3 heterocycles. The van der Waals surface area contributed by atoms with Crippen LogP contribution in [0.5, 0.6) is 0 Å². The van der Waals surface area contributed by atoms with Crippen molar-refractivity contribution in [3.05, 3.63) is 16.3 Å². The maximum absolute atomic E-state index is 5.85. The number of ether oxygens (including phenoxy) is 1. The highest BCUT2D eigenvalue weighted by atomic mass is 32.2. The minimum absolute atomic E-state index is 0.0411. The number of nitrogens with one attached hydrogen (secondary N) is 1. The molecule has 4 rings (SSSR count). The molecule has 1 unspecified atom stereocenters. The van der Waals surface area contributed by atoms with E-state index in [9.17, 15) is 0 Å². The quantitative estimate of drug-likeness (QED) is 0.918. The number of anilines is 1. The first-order valence-corrected chi connectivity index (χ1v) is 9.53. The Morgan fingerprint density at radius 3 is 2.95 bits per heavy atom. The van der Waals surface area contributed by atoms with Crippen LogP contribution in [0.25, 0.3) is 10.2 Å². The van der Waals surface area contributed by atoms with E-state index in [4.69, 9.17) is 14.7 Å². The third-order valence-corrected chi connectivity index (χ3v) is 6.35. The third kappa shape index (κ3) is 2.43. The highest BCUT2D eigenvalue weighted by Gasteiger charge is 2.24. The van der Waals surface area contributed by atoms with Crippen LogP contribution in [-0.4, -0.2) is 35.1 Å². The van der Waals surface area contributed by atoms with E-state index in [1.54, 1.807) is 0 Å². The van der Waals surface area contributed by atoms with E-state index in [1.165, 1.54) is 41.5 Å². The van der Waals surface area contributed by atoms with Gasteiger partial charge in [-0.25, -0.2) is 9.97 Å². The van der Waals surface area contributed by atoms with Crippen LogP contribution in [-0.2, 0) is 17.6 Å². The first-order chi connectivity index (χ1) is 10.4.